The molecule has 3 rings (SSSR count). The van der Waals surface area contributed by atoms with E-state index in [4.69, 9.17) is 22.3 Å². The molecule has 22 heavy (non-hydrogen) atoms. The van der Waals surface area contributed by atoms with E-state index in [0.29, 0.717) is 0 Å². The molecule has 118 valence electrons. The summed E-state index contributed by atoms with van der Waals surface area (Å²) in [5, 5.41) is 11.5. The predicted octanol–water partition coefficient (Wildman–Crippen LogP) is 0.641. The van der Waals surface area contributed by atoms with Crippen LogP contribution < -0.4 is 9.72 Å². The smallest absolute Gasteiger partial charge is 0.229 e. The van der Waals surface area contributed by atoms with E-state index >= 15 is 0 Å². The lowest BCUT2D eigenvalue weighted by molar-refractivity contribution is -0.392. The van der Waals surface area contributed by atoms with Gasteiger partial charge in [-0.3, -0.25) is 4.55 Å². The fourth-order valence-corrected chi connectivity index (χ4v) is 2.16. The third-order valence-corrected chi connectivity index (χ3v) is 3.01. The molecule has 0 saturated carbocycles. The first-order valence-electron chi connectivity index (χ1n) is 6.11. The number of hydrogen-bond donors (Lipinski definition) is 3. The highest BCUT2D eigenvalue weighted by Crippen LogP contribution is 2.28. The van der Waals surface area contributed by atoms with Gasteiger partial charge >= 0.3 is 0 Å². The molecule has 0 aliphatic rings. The van der Waals surface area contributed by atoms with E-state index in [1.54, 1.807) is 7.11 Å². The molecule has 3 aromatic rings. The van der Waals surface area contributed by atoms with E-state index in [0.717, 1.165) is 33.2 Å². The van der Waals surface area contributed by atoms with E-state index in [2.05, 4.69) is 9.97 Å². The van der Waals surface area contributed by atoms with E-state index in [1.807, 2.05) is 30.5 Å². The summed E-state index contributed by atoms with van der Waals surface area (Å²) in [4.78, 5) is 6.34. The summed E-state index contributed by atoms with van der Waals surface area (Å²) in [7, 11) is -3.27. The molecule has 0 radical (unpaired) electrons. The predicted molar refractivity (Wildman–Crippen MR) is 77.2 cm³/mol. The minimum absolute atomic E-state index is 0.0126. The van der Waals surface area contributed by atoms with Gasteiger partial charge in [-0.2, -0.15) is 0 Å². The van der Waals surface area contributed by atoms with Crippen LogP contribution >= 0.6 is 0 Å². The van der Waals surface area contributed by atoms with Crippen molar-refractivity contribution in [2.45, 2.75) is 6.61 Å². The molecule has 1 aromatic carbocycles. The standard InChI is InChI=1S/C13H12N2O2.H2O4S/c1-17-8-2-3-9-10-4-5-14-12(7-16)13(10)15-11(9)6-8;1-5(2,3)4/h2-6,15-16H,7H2,1H3;(H2,1,2,3,4). The van der Waals surface area contributed by atoms with Crippen molar-refractivity contribution in [3.05, 3.63) is 36.2 Å². The highest BCUT2D eigenvalue weighted by molar-refractivity contribution is 7.79. The van der Waals surface area contributed by atoms with Crippen LogP contribution in [-0.2, 0) is 17.0 Å². The zero-order valence-corrected chi connectivity index (χ0v) is 12.3. The van der Waals surface area contributed by atoms with Crippen molar-refractivity contribution >= 4 is 32.2 Å². The number of aromatic amines is 2. The maximum absolute atomic E-state index is 9.29. The number of aliphatic hydroxyl groups is 1. The largest absolute Gasteiger partial charge is 0.726 e. The molecule has 4 N–H and O–H groups in total. The lowest BCUT2D eigenvalue weighted by Crippen LogP contribution is -2.09. The van der Waals surface area contributed by atoms with Crippen molar-refractivity contribution in [3.63, 3.8) is 0 Å². The molecule has 0 bridgehead atoms. The van der Waals surface area contributed by atoms with Gasteiger partial charge in [-0.15, -0.1) is 0 Å². The van der Waals surface area contributed by atoms with Gasteiger partial charge in [-0.05, 0) is 12.1 Å². The van der Waals surface area contributed by atoms with E-state index in [-0.39, 0.29) is 6.61 Å². The van der Waals surface area contributed by atoms with Crippen LogP contribution in [0.3, 0.4) is 0 Å². The topological polar surface area (TPSA) is 137 Å². The minimum Gasteiger partial charge on any atom is -0.726 e. The molecular formula is C13H14N2O6S. The number of ether oxygens (including phenoxy) is 1. The monoisotopic (exact) mass is 326 g/mol. The Kier molecular flexibility index (Phi) is 4.62. The highest BCUT2D eigenvalue weighted by Gasteiger charge is 2.12. The number of benzene rings is 1. The second kappa shape index (κ2) is 6.28. The number of fused-ring (bicyclic) bond motifs is 3. The molecule has 0 atom stereocenters. The Labute approximate surface area is 125 Å². The second-order valence-corrected chi connectivity index (χ2v) is 5.22. The van der Waals surface area contributed by atoms with Crippen molar-refractivity contribution in [1.82, 2.24) is 4.98 Å². The molecule has 0 fully saturated rings. The van der Waals surface area contributed by atoms with Gasteiger partial charge in [-0.25, -0.2) is 13.4 Å². The molecule has 8 nitrogen and oxygen atoms in total. The van der Waals surface area contributed by atoms with E-state index < -0.39 is 10.4 Å². The molecule has 2 heterocycles. The van der Waals surface area contributed by atoms with Gasteiger partial charge in [0.05, 0.1) is 12.6 Å². The molecule has 0 saturated heterocycles. The Balaban J connectivity index is 0.000000309. The van der Waals surface area contributed by atoms with Gasteiger partial charge in [0.2, 0.25) is 16.1 Å². The molecule has 0 spiro atoms. The Morgan fingerprint density at radius 1 is 1.32 bits per heavy atom. The van der Waals surface area contributed by atoms with E-state index in [1.165, 1.54) is 0 Å². The van der Waals surface area contributed by atoms with Crippen LogP contribution in [0, 0.1) is 0 Å². The van der Waals surface area contributed by atoms with Gasteiger partial charge in [0.25, 0.3) is 0 Å². The molecule has 0 amide bonds. The Bertz CT molecular complexity index is 895. The maximum Gasteiger partial charge on any atom is 0.229 e. The van der Waals surface area contributed by atoms with Gasteiger partial charge in [-0.1, -0.05) is 0 Å². The fraction of sp³-hybridized carbons (Fsp3) is 0.154. The number of aromatic nitrogens is 2. The summed E-state index contributed by atoms with van der Waals surface area (Å²) in [6.45, 7) is -0.0126. The highest BCUT2D eigenvalue weighted by atomic mass is 32.3. The summed E-state index contributed by atoms with van der Waals surface area (Å²) < 4.78 is 38.0. The van der Waals surface area contributed by atoms with Crippen molar-refractivity contribution in [2.75, 3.05) is 7.11 Å². The normalized spacial score (nSPS) is 11.3. The molecule has 9 heteroatoms. The molecule has 0 aliphatic heterocycles. The van der Waals surface area contributed by atoms with Gasteiger partial charge in [0.15, 0.2) is 6.20 Å². The first-order valence-corrected chi connectivity index (χ1v) is 7.48. The van der Waals surface area contributed by atoms with Crippen molar-refractivity contribution in [3.8, 4) is 5.75 Å². The molecule has 0 aliphatic carbocycles. The molecule has 0 unspecified atom stereocenters. The Morgan fingerprint density at radius 2 is 2.00 bits per heavy atom. The maximum atomic E-state index is 9.29. The summed E-state index contributed by atoms with van der Waals surface area (Å²) in [6.07, 6.45) is 1.84. The first kappa shape index (κ1) is 16.2. The summed E-state index contributed by atoms with van der Waals surface area (Å²) in [5.41, 5.74) is 2.74. The van der Waals surface area contributed by atoms with Crippen LogP contribution in [0.4, 0.5) is 0 Å². The molecular weight excluding hydrogens is 312 g/mol. The summed E-state index contributed by atoms with van der Waals surface area (Å²) in [5.74, 6) is 0.818. The quantitative estimate of drug-likeness (QED) is 0.467. The number of H-pyrrole nitrogens is 2. The summed E-state index contributed by atoms with van der Waals surface area (Å²) in [6, 6.07) is 7.91. The Hall–Kier alpha value is -2.20. The number of hydrogen-bond acceptors (Lipinski definition) is 5. The lowest BCUT2D eigenvalue weighted by atomic mass is 10.1. The third kappa shape index (κ3) is 3.71. The fourth-order valence-electron chi connectivity index (χ4n) is 2.16. The van der Waals surface area contributed by atoms with Crippen LogP contribution in [0.1, 0.15) is 5.69 Å². The van der Waals surface area contributed by atoms with Crippen LogP contribution in [-0.4, -0.2) is 34.7 Å². The number of aliphatic hydroxyl groups excluding tert-OH is 1. The number of nitrogens with one attached hydrogen (secondary N) is 2. The van der Waals surface area contributed by atoms with Crippen molar-refractivity contribution < 1.29 is 32.4 Å². The third-order valence-electron chi connectivity index (χ3n) is 3.01. The number of rotatable bonds is 2. The number of pyridine rings is 1. The van der Waals surface area contributed by atoms with Crippen molar-refractivity contribution in [2.24, 2.45) is 0 Å². The lowest BCUT2D eigenvalue weighted by Gasteiger charge is -1.97. The SMILES string of the molecule is COc1ccc2c(c1)[nH]c1c(CO)[nH+]ccc12.O=S(=O)([O-])O. The van der Waals surface area contributed by atoms with Crippen LogP contribution in [0.2, 0.25) is 0 Å². The first-order chi connectivity index (χ1) is 10.3. The minimum atomic E-state index is -4.92. The van der Waals surface area contributed by atoms with Crippen LogP contribution in [0.5, 0.6) is 5.75 Å². The number of methoxy groups -OCH3 is 1. The molecule has 2 aromatic heterocycles. The average Bonchev–Trinajstić information content (AvgIpc) is 2.82. The average molecular weight is 326 g/mol. The van der Waals surface area contributed by atoms with Crippen molar-refractivity contribution in [1.29, 1.82) is 0 Å². The zero-order valence-electron chi connectivity index (χ0n) is 11.5. The zero-order chi connectivity index (χ0) is 16.3. The second-order valence-electron chi connectivity index (χ2n) is 4.37. The van der Waals surface area contributed by atoms with Gasteiger partial charge in [0, 0.05) is 22.9 Å². The Morgan fingerprint density at radius 3 is 2.59 bits per heavy atom. The van der Waals surface area contributed by atoms with Crippen LogP contribution in [0.15, 0.2) is 30.5 Å². The van der Waals surface area contributed by atoms with Crippen LogP contribution in [0.25, 0.3) is 21.8 Å². The van der Waals surface area contributed by atoms with Gasteiger partial charge in [0.1, 0.15) is 17.9 Å². The van der Waals surface area contributed by atoms with E-state index in [9.17, 15) is 5.11 Å². The van der Waals surface area contributed by atoms with Gasteiger partial charge < -0.3 is 19.4 Å². The summed E-state index contributed by atoms with van der Waals surface area (Å²) >= 11 is 0.